The highest BCUT2D eigenvalue weighted by molar-refractivity contribution is 5.87. The van der Waals surface area contributed by atoms with Crippen LogP contribution >= 0.6 is 0 Å². The zero-order valence-electron chi connectivity index (χ0n) is 12.7. The number of methoxy groups -OCH3 is 1. The summed E-state index contributed by atoms with van der Waals surface area (Å²) in [5.74, 6) is 0.412. The summed E-state index contributed by atoms with van der Waals surface area (Å²) in [7, 11) is 1.62. The Balaban J connectivity index is 1.80. The topological polar surface area (TPSA) is 35.5 Å². The lowest BCUT2D eigenvalue weighted by Crippen LogP contribution is -2.06. The molecule has 0 amide bonds. The molecule has 0 saturated carbocycles. The summed E-state index contributed by atoms with van der Waals surface area (Å²) in [5, 5.41) is 0. The number of benzene rings is 1. The van der Waals surface area contributed by atoms with Gasteiger partial charge in [-0.15, -0.1) is 0 Å². The molecule has 0 atom stereocenters. The van der Waals surface area contributed by atoms with Crippen molar-refractivity contribution in [2.24, 2.45) is 0 Å². The van der Waals surface area contributed by atoms with Gasteiger partial charge in [0.15, 0.2) is 0 Å². The second kappa shape index (κ2) is 8.03. The fourth-order valence-corrected chi connectivity index (χ4v) is 2.07. The van der Waals surface area contributed by atoms with Gasteiger partial charge in [0.1, 0.15) is 12.4 Å². The van der Waals surface area contributed by atoms with E-state index < -0.39 is 0 Å². The van der Waals surface area contributed by atoms with Crippen molar-refractivity contribution in [3.63, 3.8) is 0 Å². The summed E-state index contributed by atoms with van der Waals surface area (Å²) in [6.45, 7) is 4.20. The number of allylic oxidation sites excluding steroid dienone is 3. The molecular formula is C19H20O3. The van der Waals surface area contributed by atoms with Crippen LogP contribution in [-0.4, -0.2) is 19.7 Å². The van der Waals surface area contributed by atoms with E-state index in [-0.39, 0.29) is 12.6 Å². The van der Waals surface area contributed by atoms with E-state index >= 15 is 0 Å². The Kier molecular flexibility index (Phi) is 5.78. The van der Waals surface area contributed by atoms with Gasteiger partial charge >= 0.3 is 5.97 Å². The summed E-state index contributed by atoms with van der Waals surface area (Å²) in [6, 6.07) is 7.44. The van der Waals surface area contributed by atoms with E-state index in [4.69, 9.17) is 9.47 Å². The lowest BCUT2D eigenvalue weighted by Gasteiger charge is -2.11. The summed E-state index contributed by atoms with van der Waals surface area (Å²) in [5.41, 5.74) is 2.92. The maximum atomic E-state index is 11.7. The van der Waals surface area contributed by atoms with Crippen LogP contribution in [0.2, 0.25) is 0 Å². The second-order valence-electron chi connectivity index (χ2n) is 4.96. The Labute approximate surface area is 131 Å². The van der Waals surface area contributed by atoms with Crippen LogP contribution in [0.4, 0.5) is 0 Å². The molecule has 0 saturated heterocycles. The zero-order valence-corrected chi connectivity index (χ0v) is 12.7. The van der Waals surface area contributed by atoms with Crippen molar-refractivity contribution in [1.29, 1.82) is 0 Å². The van der Waals surface area contributed by atoms with Crippen molar-refractivity contribution in [2.45, 2.75) is 12.8 Å². The summed E-state index contributed by atoms with van der Waals surface area (Å²) in [4.78, 5) is 11.7. The van der Waals surface area contributed by atoms with Crippen molar-refractivity contribution < 1.29 is 14.3 Å². The van der Waals surface area contributed by atoms with E-state index in [1.165, 1.54) is 6.08 Å². The first kappa shape index (κ1) is 15.8. The standard InChI is InChI=1S/C19H20O3/c1-15(17-6-4-3-5-7-17)14-22-19(20)13-10-16-8-11-18(21-2)12-9-16/h3-4,7-13H,1,5-6,14H2,2H3/b13-10+. The first-order valence-electron chi connectivity index (χ1n) is 7.20. The van der Waals surface area contributed by atoms with Gasteiger partial charge in [0.2, 0.25) is 0 Å². The molecule has 2 rings (SSSR count). The first-order valence-corrected chi connectivity index (χ1v) is 7.20. The Hall–Kier alpha value is -2.55. The molecular weight excluding hydrogens is 276 g/mol. The van der Waals surface area contributed by atoms with Gasteiger partial charge in [-0.3, -0.25) is 0 Å². The van der Waals surface area contributed by atoms with Crippen molar-refractivity contribution in [3.8, 4) is 5.75 Å². The van der Waals surface area contributed by atoms with E-state index in [0.29, 0.717) is 0 Å². The normalized spacial score (nSPS) is 13.8. The van der Waals surface area contributed by atoms with Gasteiger partial charge in [-0.1, -0.05) is 36.9 Å². The number of carbonyl (C=O) groups is 1. The Morgan fingerprint density at radius 1 is 1.27 bits per heavy atom. The van der Waals surface area contributed by atoms with Gasteiger partial charge in [-0.05, 0) is 47.8 Å². The van der Waals surface area contributed by atoms with Crippen LogP contribution in [0.5, 0.6) is 5.75 Å². The molecule has 0 spiro atoms. The van der Waals surface area contributed by atoms with Gasteiger partial charge in [-0.2, -0.15) is 0 Å². The number of esters is 1. The van der Waals surface area contributed by atoms with Crippen molar-refractivity contribution in [1.82, 2.24) is 0 Å². The Morgan fingerprint density at radius 2 is 2.05 bits per heavy atom. The highest BCUT2D eigenvalue weighted by atomic mass is 16.5. The highest BCUT2D eigenvalue weighted by Gasteiger charge is 2.06. The van der Waals surface area contributed by atoms with Crippen LogP contribution < -0.4 is 4.74 Å². The maximum Gasteiger partial charge on any atom is 0.331 e. The monoisotopic (exact) mass is 296 g/mol. The van der Waals surface area contributed by atoms with Crippen LogP contribution in [0.3, 0.4) is 0 Å². The SMILES string of the molecule is C=C(COC(=O)/C=C/c1ccc(OC)cc1)C1=CCC=CC1. The average Bonchev–Trinajstić information content (AvgIpc) is 2.59. The molecule has 1 aromatic carbocycles. The molecule has 0 unspecified atom stereocenters. The summed E-state index contributed by atoms with van der Waals surface area (Å²) in [6.07, 6.45) is 11.2. The van der Waals surface area contributed by atoms with E-state index in [2.05, 4.69) is 24.8 Å². The molecule has 1 aromatic rings. The van der Waals surface area contributed by atoms with Crippen molar-refractivity contribution in [2.75, 3.05) is 13.7 Å². The summed E-state index contributed by atoms with van der Waals surface area (Å²) >= 11 is 0. The lowest BCUT2D eigenvalue weighted by atomic mass is 10.00. The predicted octanol–water partition coefficient (Wildman–Crippen LogP) is 4.08. The molecule has 1 aliphatic carbocycles. The molecule has 3 nitrogen and oxygen atoms in total. The van der Waals surface area contributed by atoms with Gasteiger partial charge in [0.25, 0.3) is 0 Å². The van der Waals surface area contributed by atoms with Crippen LogP contribution in [0.1, 0.15) is 18.4 Å². The highest BCUT2D eigenvalue weighted by Crippen LogP contribution is 2.18. The molecule has 0 aliphatic heterocycles. The fraction of sp³-hybridized carbons (Fsp3) is 0.211. The molecule has 0 bridgehead atoms. The second-order valence-corrected chi connectivity index (χ2v) is 4.96. The van der Waals surface area contributed by atoms with E-state index in [1.807, 2.05) is 24.3 Å². The molecule has 0 fully saturated rings. The quantitative estimate of drug-likeness (QED) is 0.451. The van der Waals surface area contributed by atoms with Crippen LogP contribution in [0.25, 0.3) is 6.08 Å². The van der Waals surface area contributed by atoms with Crippen molar-refractivity contribution in [3.05, 3.63) is 71.9 Å². The van der Waals surface area contributed by atoms with E-state index in [0.717, 1.165) is 35.3 Å². The van der Waals surface area contributed by atoms with Gasteiger partial charge in [-0.25, -0.2) is 4.79 Å². The summed E-state index contributed by atoms with van der Waals surface area (Å²) < 4.78 is 10.3. The number of hydrogen-bond acceptors (Lipinski definition) is 3. The molecule has 3 heteroatoms. The fourth-order valence-electron chi connectivity index (χ4n) is 2.07. The molecule has 114 valence electrons. The number of hydrogen-bond donors (Lipinski definition) is 0. The van der Waals surface area contributed by atoms with E-state index in [1.54, 1.807) is 13.2 Å². The molecule has 0 heterocycles. The van der Waals surface area contributed by atoms with Gasteiger partial charge in [0, 0.05) is 6.08 Å². The third-order valence-electron chi connectivity index (χ3n) is 3.38. The molecule has 0 N–H and O–H groups in total. The van der Waals surface area contributed by atoms with Crippen LogP contribution in [0.15, 0.2) is 66.3 Å². The largest absolute Gasteiger partial charge is 0.497 e. The average molecular weight is 296 g/mol. The zero-order chi connectivity index (χ0) is 15.8. The lowest BCUT2D eigenvalue weighted by molar-refractivity contribution is -0.136. The first-order chi connectivity index (χ1) is 10.7. The molecule has 1 aliphatic rings. The number of ether oxygens (including phenoxy) is 2. The Morgan fingerprint density at radius 3 is 2.68 bits per heavy atom. The molecule has 22 heavy (non-hydrogen) atoms. The van der Waals surface area contributed by atoms with Crippen LogP contribution in [0, 0.1) is 0 Å². The smallest absolute Gasteiger partial charge is 0.331 e. The molecule has 0 radical (unpaired) electrons. The third-order valence-corrected chi connectivity index (χ3v) is 3.38. The van der Waals surface area contributed by atoms with Crippen molar-refractivity contribution >= 4 is 12.0 Å². The third kappa shape index (κ3) is 4.77. The van der Waals surface area contributed by atoms with Crippen LogP contribution in [-0.2, 0) is 9.53 Å². The number of rotatable bonds is 6. The van der Waals surface area contributed by atoms with Gasteiger partial charge in [0.05, 0.1) is 7.11 Å². The maximum absolute atomic E-state index is 11.7. The molecule has 0 aromatic heterocycles. The predicted molar refractivity (Wildman–Crippen MR) is 88.6 cm³/mol. The Bertz CT molecular complexity index is 619. The van der Waals surface area contributed by atoms with E-state index in [9.17, 15) is 4.79 Å². The minimum Gasteiger partial charge on any atom is -0.497 e. The number of carbonyl (C=O) groups excluding carboxylic acids is 1. The minimum absolute atomic E-state index is 0.228. The minimum atomic E-state index is -0.371. The van der Waals surface area contributed by atoms with Gasteiger partial charge < -0.3 is 9.47 Å².